The Labute approximate surface area is 170 Å². The van der Waals surface area contributed by atoms with Crippen LogP contribution in [0.15, 0.2) is 12.7 Å². The Morgan fingerprint density at radius 2 is 2.12 bits per heavy atom. The smallest absolute Gasteiger partial charge is 0.762 e. The van der Waals surface area contributed by atoms with Gasteiger partial charge in [0.15, 0.2) is 23.2 Å². The molecule has 0 aromatic carbocycles. The summed E-state index contributed by atoms with van der Waals surface area (Å²) in [5.41, 5.74) is 0.278. The van der Waals surface area contributed by atoms with Gasteiger partial charge < -0.3 is 34.6 Å². The number of anilines is 1. The SMILES string of the molecule is CCOP(=O)([O-])Nc1ncnc2c1ncn2[C@@H]1O[C@H](CO)[C@@H](O)[C@H]1O.[Na+]. The van der Waals surface area contributed by atoms with Crippen LogP contribution >= 0.6 is 7.75 Å². The van der Waals surface area contributed by atoms with Crippen molar-refractivity contribution >= 4 is 24.7 Å². The van der Waals surface area contributed by atoms with Crippen molar-refractivity contribution in [2.45, 2.75) is 31.5 Å². The number of hydrogen-bond acceptors (Lipinski definition) is 10. The second kappa shape index (κ2) is 8.57. The molecule has 3 rings (SSSR count). The number of nitrogens with zero attached hydrogens (tertiary/aromatic N) is 4. The minimum atomic E-state index is -4.36. The van der Waals surface area contributed by atoms with Crippen molar-refractivity contribution < 1.29 is 63.6 Å². The number of nitrogens with one attached hydrogen (secondary N) is 1. The van der Waals surface area contributed by atoms with E-state index < -0.39 is 38.9 Å². The van der Waals surface area contributed by atoms with E-state index in [9.17, 15) is 19.7 Å². The van der Waals surface area contributed by atoms with E-state index in [1.54, 1.807) is 0 Å². The zero-order valence-corrected chi connectivity index (χ0v) is 17.0. The fraction of sp³-hybridized carbons (Fsp3) is 0.583. The molecule has 1 fully saturated rings. The van der Waals surface area contributed by atoms with Crippen molar-refractivity contribution in [3.63, 3.8) is 0 Å². The summed E-state index contributed by atoms with van der Waals surface area (Å²) in [6.07, 6.45) is -2.25. The van der Waals surface area contributed by atoms with Gasteiger partial charge in [0.1, 0.15) is 24.6 Å². The monoisotopic (exact) mass is 397 g/mol. The molecule has 26 heavy (non-hydrogen) atoms. The quantitative estimate of drug-likeness (QED) is 0.272. The third-order valence-corrected chi connectivity index (χ3v) is 4.78. The molecule has 3 heterocycles. The second-order valence-corrected chi connectivity index (χ2v) is 6.78. The van der Waals surface area contributed by atoms with E-state index in [1.165, 1.54) is 17.8 Å². The predicted octanol–water partition coefficient (Wildman–Crippen LogP) is -4.64. The number of aliphatic hydroxyl groups excluding tert-OH is 3. The summed E-state index contributed by atoms with van der Waals surface area (Å²) in [5.74, 6) is -0.0951. The number of imidazole rings is 1. The van der Waals surface area contributed by atoms with Crippen LogP contribution in [0.2, 0.25) is 0 Å². The molecule has 1 aliphatic heterocycles. The largest absolute Gasteiger partial charge is 1.00 e. The van der Waals surface area contributed by atoms with Gasteiger partial charge in [0, 0.05) is 0 Å². The van der Waals surface area contributed by atoms with Crippen LogP contribution in [-0.4, -0.2) is 66.4 Å². The molecule has 0 aliphatic carbocycles. The first-order valence-electron chi connectivity index (χ1n) is 7.41. The molecule has 14 heteroatoms. The average Bonchev–Trinajstić information content (AvgIpc) is 3.10. The number of aromatic nitrogens is 4. The van der Waals surface area contributed by atoms with E-state index in [-0.39, 0.29) is 53.1 Å². The Balaban J connectivity index is 0.00000243. The van der Waals surface area contributed by atoms with Gasteiger partial charge in [0.2, 0.25) is 7.75 Å². The summed E-state index contributed by atoms with van der Waals surface area (Å²) in [5, 5.41) is 31.3. The first-order chi connectivity index (χ1) is 11.9. The van der Waals surface area contributed by atoms with Crippen molar-refractivity contribution in [1.29, 1.82) is 0 Å². The number of aliphatic hydroxyl groups is 3. The molecule has 4 N–H and O–H groups in total. The molecule has 0 bridgehead atoms. The Bertz CT molecular complexity index is 807. The van der Waals surface area contributed by atoms with E-state index in [2.05, 4.69) is 24.6 Å². The Hall–Kier alpha value is -0.660. The third kappa shape index (κ3) is 4.09. The van der Waals surface area contributed by atoms with E-state index >= 15 is 0 Å². The molecule has 138 valence electrons. The van der Waals surface area contributed by atoms with Crippen molar-refractivity contribution in [3.8, 4) is 0 Å². The van der Waals surface area contributed by atoms with Crippen LogP contribution in [0.5, 0.6) is 0 Å². The minimum Gasteiger partial charge on any atom is -0.762 e. The van der Waals surface area contributed by atoms with Gasteiger partial charge in [-0.05, 0) is 6.92 Å². The molecule has 1 unspecified atom stereocenters. The van der Waals surface area contributed by atoms with E-state index in [1.807, 2.05) is 0 Å². The Morgan fingerprint density at radius 1 is 1.38 bits per heavy atom. The molecule has 0 spiro atoms. The number of ether oxygens (including phenoxy) is 1. The summed E-state index contributed by atoms with van der Waals surface area (Å²) in [7, 11) is -4.36. The molecule has 2 aromatic rings. The van der Waals surface area contributed by atoms with Gasteiger partial charge in [0.25, 0.3) is 0 Å². The normalized spacial score (nSPS) is 27.9. The van der Waals surface area contributed by atoms with Crippen molar-refractivity contribution in [1.82, 2.24) is 19.5 Å². The van der Waals surface area contributed by atoms with Crippen molar-refractivity contribution in [2.24, 2.45) is 0 Å². The van der Waals surface area contributed by atoms with E-state index in [0.29, 0.717) is 0 Å². The summed E-state index contributed by atoms with van der Waals surface area (Å²) in [6.45, 7) is 1.01. The summed E-state index contributed by atoms with van der Waals surface area (Å²) in [4.78, 5) is 23.7. The minimum absolute atomic E-state index is 0. The third-order valence-electron chi connectivity index (χ3n) is 3.69. The number of hydrogen-bond donors (Lipinski definition) is 4. The maximum Gasteiger partial charge on any atom is 1.00 e. The fourth-order valence-corrected chi connectivity index (χ4v) is 3.39. The standard InChI is InChI=1S/C12H18N5O7P.Na/c1-2-23-25(21,22)16-10-7-11(14-4-13-10)17(5-15-7)12-9(20)8(19)6(3-18)24-12;/h4-6,8-9,12,18-20H,2-3H2,1H3,(H2,13,14,16,21,22);/q;+1/p-1/t6-,8-,9-,12-;/m1./s1. The summed E-state index contributed by atoms with van der Waals surface area (Å²) < 4.78 is 23.1. The first kappa shape index (κ1) is 21.6. The van der Waals surface area contributed by atoms with E-state index in [0.717, 1.165) is 6.33 Å². The van der Waals surface area contributed by atoms with Gasteiger partial charge in [-0.15, -0.1) is 0 Å². The molecule has 0 amide bonds. The van der Waals surface area contributed by atoms with Crippen LogP contribution in [0.3, 0.4) is 0 Å². The maximum atomic E-state index is 11.8. The molecular formula is C12H17N5NaO7P. The van der Waals surface area contributed by atoms with Gasteiger partial charge in [-0.1, -0.05) is 0 Å². The second-order valence-electron chi connectivity index (χ2n) is 5.30. The molecule has 12 nitrogen and oxygen atoms in total. The number of fused-ring (bicyclic) bond motifs is 1. The van der Waals surface area contributed by atoms with Crippen LogP contribution in [0.25, 0.3) is 11.2 Å². The zero-order valence-electron chi connectivity index (χ0n) is 14.1. The molecule has 2 aromatic heterocycles. The molecular weight excluding hydrogens is 380 g/mol. The number of rotatable bonds is 6. The van der Waals surface area contributed by atoms with Gasteiger partial charge >= 0.3 is 29.6 Å². The topological polar surface area (TPSA) is 175 Å². The molecule has 0 saturated carbocycles. The van der Waals surface area contributed by atoms with E-state index in [4.69, 9.17) is 9.84 Å². The van der Waals surface area contributed by atoms with Crippen LogP contribution in [0, 0.1) is 0 Å². The molecule has 1 saturated heterocycles. The molecule has 0 radical (unpaired) electrons. The van der Waals surface area contributed by atoms with Crippen LogP contribution in [0.1, 0.15) is 13.2 Å². The first-order valence-corrected chi connectivity index (χ1v) is 8.96. The maximum absolute atomic E-state index is 11.8. The van der Waals surface area contributed by atoms with Crippen LogP contribution in [-0.2, 0) is 13.8 Å². The average molecular weight is 397 g/mol. The molecule has 5 atom stereocenters. The summed E-state index contributed by atoms with van der Waals surface area (Å²) >= 11 is 0. The summed E-state index contributed by atoms with van der Waals surface area (Å²) in [6, 6.07) is 0. The van der Waals surface area contributed by atoms with Crippen LogP contribution in [0.4, 0.5) is 5.82 Å². The van der Waals surface area contributed by atoms with Gasteiger partial charge in [-0.25, -0.2) is 15.0 Å². The van der Waals surface area contributed by atoms with Gasteiger partial charge in [-0.3, -0.25) is 9.13 Å². The Morgan fingerprint density at radius 3 is 2.73 bits per heavy atom. The Kier molecular flexibility index (Phi) is 7.13. The van der Waals surface area contributed by atoms with Gasteiger partial charge in [0.05, 0.1) is 19.5 Å². The van der Waals surface area contributed by atoms with Crippen LogP contribution < -0.4 is 39.5 Å². The zero-order chi connectivity index (χ0) is 18.2. The molecule has 1 aliphatic rings. The van der Waals surface area contributed by atoms with Crippen molar-refractivity contribution in [3.05, 3.63) is 12.7 Å². The van der Waals surface area contributed by atoms with Gasteiger partial charge in [-0.2, -0.15) is 0 Å². The predicted molar refractivity (Wildman–Crippen MR) is 81.2 cm³/mol. The fourth-order valence-electron chi connectivity index (χ4n) is 2.56. The van der Waals surface area contributed by atoms with Crippen molar-refractivity contribution in [2.75, 3.05) is 18.3 Å².